The van der Waals surface area contributed by atoms with Crippen LogP contribution >= 0.6 is 11.5 Å². The minimum absolute atomic E-state index is 0.718. The lowest BCUT2D eigenvalue weighted by Crippen LogP contribution is -1.93. The van der Waals surface area contributed by atoms with E-state index in [-0.39, 0.29) is 0 Å². The first-order valence-electron chi connectivity index (χ1n) is 5.26. The molecule has 0 amide bonds. The van der Waals surface area contributed by atoms with E-state index in [1.165, 1.54) is 11.5 Å². The zero-order valence-electron chi connectivity index (χ0n) is 9.64. The Bertz CT molecular complexity index is 534. The van der Waals surface area contributed by atoms with E-state index in [4.69, 9.17) is 10.5 Å². The highest BCUT2D eigenvalue weighted by Gasteiger charge is 2.15. The highest BCUT2D eigenvalue weighted by atomic mass is 32.1. The molecule has 0 fully saturated rings. The molecule has 4 heteroatoms. The maximum atomic E-state index is 5.92. The molecule has 0 aliphatic carbocycles. The van der Waals surface area contributed by atoms with Gasteiger partial charge >= 0.3 is 0 Å². The van der Waals surface area contributed by atoms with Crippen molar-refractivity contribution in [2.24, 2.45) is 0 Å². The minimum atomic E-state index is 0.718. The van der Waals surface area contributed by atoms with E-state index in [1.54, 1.807) is 7.11 Å². The highest BCUT2D eigenvalue weighted by Crippen LogP contribution is 2.35. The van der Waals surface area contributed by atoms with Crippen LogP contribution < -0.4 is 10.5 Å². The fourth-order valence-corrected chi connectivity index (χ4v) is 2.40. The van der Waals surface area contributed by atoms with Crippen molar-refractivity contribution in [3.8, 4) is 17.0 Å². The zero-order chi connectivity index (χ0) is 12.3. The predicted molar refractivity (Wildman–Crippen MR) is 72.4 cm³/mol. The summed E-state index contributed by atoms with van der Waals surface area (Å²) in [6.45, 7) is 3.74. The Morgan fingerprint density at radius 3 is 2.94 bits per heavy atom. The van der Waals surface area contributed by atoms with E-state index in [0.717, 1.165) is 34.0 Å². The maximum absolute atomic E-state index is 5.92. The van der Waals surface area contributed by atoms with Crippen LogP contribution in [0.1, 0.15) is 5.56 Å². The summed E-state index contributed by atoms with van der Waals surface area (Å²) in [7, 11) is 1.65. The molecule has 0 saturated carbocycles. The third-order valence-electron chi connectivity index (χ3n) is 2.53. The molecule has 0 unspecified atom stereocenters. The number of nitrogens with two attached hydrogens (primary N) is 1. The molecule has 2 N–H and O–H groups in total. The third kappa shape index (κ3) is 2.17. The smallest absolute Gasteiger partial charge is 0.128 e. The van der Waals surface area contributed by atoms with Gasteiger partial charge in [0.2, 0.25) is 0 Å². The van der Waals surface area contributed by atoms with Crippen molar-refractivity contribution < 1.29 is 4.74 Å². The van der Waals surface area contributed by atoms with Crippen molar-refractivity contribution in [3.63, 3.8) is 0 Å². The first-order valence-corrected chi connectivity index (χ1v) is 6.03. The second-order valence-corrected chi connectivity index (χ2v) is 4.37. The topological polar surface area (TPSA) is 48.1 Å². The molecule has 1 aromatic heterocycles. The van der Waals surface area contributed by atoms with Gasteiger partial charge in [0.05, 0.1) is 12.8 Å². The number of benzene rings is 1. The van der Waals surface area contributed by atoms with Crippen LogP contribution in [0.25, 0.3) is 11.3 Å². The van der Waals surface area contributed by atoms with Gasteiger partial charge in [0.25, 0.3) is 0 Å². The summed E-state index contributed by atoms with van der Waals surface area (Å²) in [5.74, 6) is 0.808. The van der Waals surface area contributed by atoms with Crippen molar-refractivity contribution in [3.05, 3.63) is 42.5 Å². The number of hydrogen-bond acceptors (Lipinski definition) is 4. The number of aromatic nitrogens is 1. The molecule has 0 radical (unpaired) electrons. The lowest BCUT2D eigenvalue weighted by molar-refractivity contribution is 0.416. The fourth-order valence-electron chi connectivity index (χ4n) is 1.72. The summed E-state index contributed by atoms with van der Waals surface area (Å²) in [5.41, 5.74) is 8.81. The van der Waals surface area contributed by atoms with Crippen molar-refractivity contribution in [1.82, 2.24) is 4.37 Å². The summed E-state index contributed by atoms with van der Waals surface area (Å²) < 4.78 is 9.74. The monoisotopic (exact) mass is 246 g/mol. The number of allylic oxidation sites excluding steroid dienone is 1. The lowest BCUT2D eigenvalue weighted by atomic mass is 10.0. The largest absolute Gasteiger partial charge is 0.496 e. The number of methoxy groups -OCH3 is 1. The second kappa shape index (κ2) is 5.01. The van der Waals surface area contributed by atoms with E-state index in [1.807, 2.05) is 30.3 Å². The molecule has 0 aliphatic rings. The molecule has 2 rings (SSSR count). The molecule has 0 spiro atoms. The first-order chi connectivity index (χ1) is 8.27. The van der Waals surface area contributed by atoms with Crippen molar-refractivity contribution in [2.45, 2.75) is 6.42 Å². The van der Waals surface area contributed by atoms with Crippen molar-refractivity contribution in [2.75, 3.05) is 12.8 Å². The normalized spacial score (nSPS) is 10.2. The van der Waals surface area contributed by atoms with E-state index in [0.29, 0.717) is 0 Å². The van der Waals surface area contributed by atoms with Crippen LogP contribution in [0.5, 0.6) is 5.75 Å². The van der Waals surface area contributed by atoms with Crippen LogP contribution in [0.4, 0.5) is 5.00 Å². The minimum Gasteiger partial charge on any atom is -0.496 e. The van der Waals surface area contributed by atoms with Crippen LogP contribution in [0.2, 0.25) is 0 Å². The predicted octanol–water partition coefficient (Wildman–Crippen LogP) is 3.13. The molecule has 17 heavy (non-hydrogen) atoms. The fraction of sp³-hybridized carbons (Fsp3) is 0.154. The molecule has 88 valence electrons. The number of ether oxygens (including phenoxy) is 1. The van der Waals surface area contributed by atoms with Gasteiger partial charge in [0.15, 0.2) is 0 Å². The number of nitrogens with zero attached hydrogens (tertiary/aromatic N) is 1. The van der Waals surface area contributed by atoms with Crippen LogP contribution in [0, 0.1) is 0 Å². The molecular formula is C13H14N2OS. The number of rotatable bonds is 4. The molecule has 0 atom stereocenters. The summed E-state index contributed by atoms with van der Waals surface area (Å²) in [6, 6.07) is 7.80. The lowest BCUT2D eigenvalue weighted by Gasteiger charge is -2.07. The van der Waals surface area contributed by atoms with Gasteiger partial charge in [-0.3, -0.25) is 0 Å². The van der Waals surface area contributed by atoms with Gasteiger partial charge in [-0.15, -0.1) is 6.58 Å². The number of hydrogen-bond donors (Lipinski definition) is 1. The summed E-state index contributed by atoms with van der Waals surface area (Å²) in [4.78, 5) is 0. The number of anilines is 1. The van der Waals surface area contributed by atoms with Gasteiger partial charge in [0.1, 0.15) is 10.8 Å². The van der Waals surface area contributed by atoms with E-state index in [2.05, 4.69) is 11.0 Å². The van der Waals surface area contributed by atoms with E-state index in [9.17, 15) is 0 Å². The Balaban J connectivity index is 2.56. The molecule has 1 heterocycles. The molecule has 2 aromatic rings. The Hall–Kier alpha value is -1.81. The molecule has 3 nitrogen and oxygen atoms in total. The van der Waals surface area contributed by atoms with Crippen molar-refractivity contribution >= 4 is 16.5 Å². The van der Waals surface area contributed by atoms with E-state index >= 15 is 0 Å². The van der Waals surface area contributed by atoms with Gasteiger partial charge in [-0.2, -0.15) is 4.37 Å². The first kappa shape index (κ1) is 11.7. The third-order valence-corrected chi connectivity index (χ3v) is 3.25. The van der Waals surface area contributed by atoms with Gasteiger partial charge < -0.3 is 10.5 Å². The highest BCUT2D eigenvalue weighted by molar-refractivity contribution is 7.10. The molecule has 0 saturated heterocycles. The second-order valence-electron chi connectivity index (χ2n) is 3.57. The van der Waals surface area contributed by atoms with Crippen LogP contribution in [-0.2, 0) is 6.42 Å². The summed E-state index contributed by atoms with van der Waals surface area (Å²) >= 11 is 1.31. The number of para-hydroxylation sites is 1. The Kier molecular flexibility index (Phi) is 3.44. The van der Waals surface area contributed by atoms with Crippen LogP contribution in [0.15, 0.2) is 36.9 Å². The van der Waals surface area contributed by atoms with Gasteiger partial charge in [-0.25, -0.2) is 0 Å². The summed E-state index contributed by atoms with van der Waals surface area (Å²) in [6.07, 6.45) is 2.55. The molecule has 0 aliphatic heterocycles. The Morgan fingerprint density at radius 1 is 1.47 bits per heavy atom. The maximum Gasteiger partial charge on any atom is 0.128 e. The summed E-state index contributed by atoms with van der Waals surface area (Å²) in [5, 5.41) is 0.741. The molecule has 1 aromatic carbocycles. The average molecular weight is 246 g/mol. The van der Waals surface area contributed by atoms with Crippen LogP contribution in [-0.4, -0.2) is 11.5 Å². The molecule has 0 bridgehead atoms. The standard InChI is InChI=1S/C13H14N2OS/c1-3-6-10-12(15-17-13(10)14)9-7-4-5-8-11(9)16-2/h3-5,7-8H,1,6,14H2,2H3. The van der Waals surface area contributed by atoms with E-state index < -0.39 is 0 Å². The SMILES string of the molecule is C=CCc1c(-c2ccccc2OC)nsc1N. The molecular weight excluding hydrogens is 232 g/mol. The Morgan fingerprint density at radius 2 is 2.24 bits per heavy atom. The number of nitrogen functional groups attached to an aromatic ring is 1. The van der Waals surface area contributed by atoms with Crippen LogP contribution in [0.3, 0.4) is 0 Å². The average Bonchev–Trinajstić information content (AvgIpc) is 2.72. The zero-order valence-corrected chi connectivity index (χ0v) is 10.5. The van der Waals surface area contributed by atoms with Crippen molar-refractivity contribution in [1.29, 1.82) is 0 Å². The van der Waals surface area contributed by atoms with Gasteiger partial charge in [0, 0.05) is 11.1 Å². The van der Waals surface area contributed by atoms with Gasteiger partial charge in [-0.1, -0.05) is 18.2 Å². The quantitative estimate of drug-likeness (QED) is 0.843. The Labute approximate surface area is 105 Å². The van der Waals surface area contributed by atoms with Gasteiger partial charge in [-0.05, 0) is 30.1 Å².